The third-order valence-corrected chi connectivity index (χ3v) is 6.31. The minimum Gasteiger partial charge on any atom is -0.483 e. The fourth-order valence-corrected chi connectivity index (χ4v) is 4.31. The van der Waals surface area contributed by atoms with Gasteiger partial charge in [-0.15, -0.1) is 10.2 Å². The minimum atomic E-state index is -4.52. The predicted molar refractivity (Wildman–Crippen MR) is 132 cm³/mol. The zero-order valence-corrected chi connectivity index (χ0v) is 20.6. The molecule has 37 heavy (non-hydrogen) atoms. The molecule has 6 nitrogen and oxygen atoms in total. The van der Waals surface area contributed by atoms with Crippen molar-refractivity contribution in [1.29, 1.82) is 0 Å². The first-order valence-electron chi connectivity index (χ1n) is 11.2. The maximum absolute atomic E-state index is 13.3. The Labute approximate surface area is 214 Å². The summed E-state index contributed by atoms with van der Waals surface area (Å²) >= 11 is 1.10. The number of benzene rings is 3. The van der Waals surface area contributed by atoms with Crippen molar-refractivity contribution in [3.8, 4) is 11.4 Å². The molecule has 1 N–H and O–H groups in total. The number of halogens is 4. The number of rotatable bonds is 8. The quantitative estimate of drug-likeness (QED) is 0.203. The Kier molecular flexibility index (Phi) is 7.82. The number of nitrogens with one attached hydrogen (secondary N) is 1. The second-order valence-corrected chi connectivity index (χ2v) is 9.36. The van der Waals surface area contributed by atoms with Gasteiger partial charge in [0.05, 0.1) is 10.8 Å². The molecule has 0 aliphatic heterocycles. The number of carbonyl (C=O) groups is 1. The first kappa shape index (κ1) is 26.2. The monoisotopic (exact) mass is 530 g/mol. The lowest BCUT2D eigenvalue weighted by molar-refractivity contribution is -0.137. The van der Waals surface area contributed by atoms with Gasteiger partial charge in [0.2, 0.25) is 5.91 Å². The summed E-state index contributed by atoms with van der Waals surface area (Å²) in [4.78, 5) is 12.8. The molecule has 0 radical (unpaired) electrons. The molecule has 0 fully saturated rings. The highest BCUT2D eigenvalue weighted by atomic mass is 32.2. The zero-order valence-electron chi connectivity index (χ0n) is 19.7. The van der Waals surface area contributed by atoms with Gasteiger partial charge in [0.25, 0.3) is 0 Å². The van der Waals surface area contributed by atoms with Crippen LogP contribution in [-0.4, -0.2) is 25.9 Å². The lowest BCUT2D eigenvalue weighted by atomic mass is 10.2. The molecule has 4 rings (SSSR count). The van der Waals surface area contributed by atoms with E-state index in [-0.39, 0.29) is 11.5 Å². The Balaban J connectivity index is 1.56. The minimum absolute atomic E-state index is 0.0406. The van der Waals surface area contributed by atoms with E-state index in [2.05, 4.69) is 15.5 Å². The van der Waals surface area contributed by atoms with Crippen molar-refractivity contribution in [2.45, 2.75) is 36.5 Å². The van der Waals surface area contributed by atoms with E-state index in [9.17, 15) is 22.4 Å². The van der Waals surface area contributed by atoms with E-state index in [1.165, 1.54) is 36.4 Å². The Morgan fingerprint density at radius 2 is 1.68 bits per heavy atom. The summed E-state index contributed by atoms with van der Waals surface area (Å²) in [5.41, 5.74) is -0.0851. The third kappa shape index (κ3) is 6.48. The fourth-order valence-electron chi connectivity index (χ4n) is 3.44. The maximum Gasteiger partial charge on any atom is 0.416 e. The van der Waals surface area contributed by atoms with Gasteiger partial charge in [-0.2, -0.15) is 13.2 Å². The standard InChI is InChI=1S/C26H22F4N4O2S/c1-16(36-22-13-11-19(27)12-14-22)23-32-33-25(34(23)21-9-4-3-5-10-21)37-17(2)24(35)31-20-8-6-7-18(15-20)26(28,29)30/h3-17H,1-2H3,(H,31,35). The second-order valence-electron chi connectivity index (χ2n) is 8.05. The van der Waals surface area contributed by atoms with Crippen LogP contribution in [0.5, 0.6) is 5.75 Å². The topological polar surface area (TPSA) is 69.0 Å². The van der Waals surface area contributed by atoms with Crippen molar-refractivity contribution in [2.75, 3.05) is 5.32 Å². The van der Waals surface area contributed by atoms with Crippen LogP contribution < -0.4 is 10.1 Å². The van der Waals surface area contributed by atoms with Crippen LogP contribution in [0.15, 0.2) is 84.0 Å². The molecule has 1 heterocycles. The Morgan fingerprint density at radius 3 is 2.35 bits per heavy atom. The maximum atomic E-state index is 13.3. The number of carbonyl (C=O) groups excluding carboxylic acids is 1. The van der Waals surface area contributed by atoms with Crippen LogP contribution in [0.2, 0.25) is 0 Å². The van der Waals surface area contributed by atoms with E-state index in [0.717, 1.165) is 29.6 Å². The van der Waals surface area contributed by atoms with Gasteiger partial charge in [-0.3, -0.25) is 9.36 Å². The van der Waals surface area contributed by atoms with Gasteiger partial charge in [0.15, 0.2) is 17.1 Å². The summed E-state index contributed by atoms with van der Waals surface area (Å²) in [6.45, 7) is 3.39. The summed E-state index contributed by atoms with van der Waals surface area (Å²) in [6, 6.07) is 19.2. The van der Waals surface area contributed by atoms with Crippen molar-refractivity contribution in [2.24, 2.45) is 0 Å². The van der Waals surface area contributed by atoms with E-state index >= 15 is 0 Å². The average Bonchev–Trinajstić information content (AvgIpc) is 3.29. The van der Waals surface area contributed by atoms with E-state index in [0.29, 0.717) is 16.7 Å². The van der Waals surface area contributed by atoms with Crippen molar-refractivity contribution in [3.05, 3.63) is 96.1 Å². The first-order valence-corrected chi connectivity index (χ1v) is 12.1. The van der Waals surface area contributed by atoms with E-state index < -0.39 is 29.0 Å². The summed E-state index contributed by atoms with van der Waals surface area (Å²) in [5.74, 6) is 0.00990. The molecule has 0 aliphatic carbocycles. The van der Waals surface area contributed by atoms with Crippen LogP contribution in [0.4, 0.5) is 23.2 Å². The number of nitrogens with zero attached hydrogens (tertiary/aromatic N) is 3. The number of alkyl halides is 3. The lowest BCUT2D eigenvalue weighted by Crippen LogP contribution is -2.23. The average molecular weight is 531 g/mol. The molecule has 11 heteroatoms. The van der Waals surface area contributed by atoms with Crippen LogP contribution in [0.3, 0.4) is 0 Å². The molecule has 192 valence electrons. The SMILES string of the molecule is CC(Sc1nnc(C(C)Oc2ccc(F)cc2)n1-c1ccccc1)C(=O)Nc1cccc(C(F)(F)F)c1. The summed E-state index contributed by atoms with van der Waals surface area (Å²) < 4.78 is 60.0. The van der Waals surface area contributed by atoms with Gasteiger partial charge in [-0.05, 0) is 68.4 Å². The molecule has 0 saturated heterocycles. The molecule has 0 saturated carbocycles. The molecule has 1 amide bonds. The highest BCUT2D eigenvalue weighted by Crippen LogP contribution is 2.32. The number of ether oxygens (including phenoxy) is 1. The summed E-state index contributed by atoms with van der Waals surface area (Å²) in [6.07, 6.45) is -5.10. The zero-order chi connectivity index (χ0) is 26.6. The van der Waals surface area contributed by atoms with Crippen molar-refractivity contribution in [1.82, 2.24) is 14.8 Å². The number of hydrogen-bond acceptors (Lipinski definition) is 5. The van der Waals surface area contributed by atoms with Crippen molar-refractivity contribution in [3.63, 3.8) is 0 Å². The summed E-state index contributed by atoms with van der Waals surface area (Å²) in [5, 5.41) is 10.7. The van der Waals surface area contributed by atoms with Crippen molar-refractivity contribution >= 4 is 23.4 Å². The molecular formula is C26H22F4N4O2S. The number of aromatic nitrogens is 3. The Bertz CT molecular complexity index is 1360. The van der Waals surface area contributed by atoms with E-state index in [1.54, 1.807) is 18.4 Å². The number of para-hydroxylation sites is 1. The smallest absolute Gasteiger partial charge is 0.416 e. The fraction of sp³-hybridized carbons (Fsp3) is 0.192. The van der Waals surface area contributed by atoms with Gasteiger partial charge >= 0.3 is 6.18 Å². The number of anilines is 1. The first-order chi connectivity index (χ1) is 17.6. The van der Waals surface area contributed by atoms with Gasteiger partial charge in [0.1, 0.15) is 11.6 Å². The number of amides is 1. The molecular weight excluding hydrogens is 508 g/mol. The van der Waals surface area contributed by atoms with Gasteiger partial charge < -0.3 is 10.1 Å². The van der Waals surface area contributed by atoms with Gasteiger partial charge in [-0.1, -0.05) is 36.0 Å². The van der Waals surface area contributed by atoms with Crippen LogP contribution in [0.25, 0.3) is 5.69 Å². The highest BCUT2D eigenvalue weighted by Gasteiger charge is 2.31. The molecule has 2 atom stereocenters. The Morgan fingerprint density at radius 1 is 0.973 bits per heavy atom. The normalized spacial score (nSPS) is 13.1. The van der Waals surface area contributed by atoms with Crippen LogP contribution in [0, 0.1) is 5.82 Å². The van der Waals surface area contributed by atoms with E-state index in [4.69, 9.17) is 4.74 Å². The predicted octanol–water partition coefficient (Wildman–Crippen LogP) is 6.68. The highest BCUT2D eigenvalue weighted by molar-refractivity contribution is 8.00. The Hall–Kier alpha value is -3.86. The molecule has 3 aromatic carbocycles. The molecule has 4 aromatic rings. The lowest BCUT2D eigenvalue weighted by Gasteiger charge is -2.18. The molecule has 2 unspecified atom stereocenters. The van der Waals surface area contributed by atoms with Gasteiger partial charge in [-0.25, -0.2) is 4.39 Å². The third-order valence-electron chi connectivity index (χ3n) is 5.27. The van der Waals surface area contributed by atoms with Crippen LogP contribution in [0.1, 0.15) is 31.3 Å². The van der Waals surface area contributed by atoms with Crippen LogP contribution in [-0.2, 0) is 11.0 Å². The van der Waals surface area contributed by atoms with Crippen LogP contribution >= 0.6 is 11.8 Å². The van der Waals surface area contributed by atoms with E-state index in [1.807, 2.05) is 30.3 Å². The number of thioether (sulfide) groups is 1. The van der Waals surface area contributed by atoms with Gasteiger partial charge in [0, 0.05) is 11.4 Å². The molecule has 0 bridgehead atoms. The summed E-state index contributed by atoms with van der Waals surface area (Å²) in [7, 11) is 0. The molecule has 1 aromatic heterocycles. The number of hydrogen-bond donors (Lipinski definition) is 1. The van der Waals surface area contributed by atoms with Crippen molar-refractivity contribution < 1.29 is 27.1 Å². The molecule has 0 spiro atoms. The molecule has 0 aliphatic rings. The largest absolute Gasteiger partial charge is 0.483 e. The second kappa shape index (κ2) is 11.0.